The van der Waals surface area contributed by atoms with Crippen LogP contribution < -0.4 is 10.9 Å². The highest BCUT2D eigenvalue weighted by Gasteiger charge is 2.24. The lowest BCUT2D eigenvalue weighted by Gasteiger charge is -2.13. The number of hydrogen-bond donors (Lipinski definition) is 6. The van der Waals surface area contributed by atoms with E-state index < -0.39 is 64.7 Å². The Morgan fingerprint density at radius 3 is 1.67 bits per heavy atom. The van der Waals surface area contributed by atoms with E-state index in [1.807, 2.05) is 0 Å². The zero-order chi connectivity index (χ0) is 35.6. The number of carbonyl (C=O) groups excluding carboxylic acids is 2. The van der Waals surface area contributed by atoms with Crippen molar-refractivity contribution >= 4 is 78.7 Å². The smallest absolute Gasteiger partial charge is 0.339 e. The van der Waals surface area contributed by atoms with Gasteiger partial charge in [-0.2, -0.15) is 27.0 Å². The van der Waals surface area contributed by atoms with Crippen molar-refractivity contribution in [2.24, 2.45) is 10.2 Å². The Hall–Kier alpha value is -5.82. The maximum Gasteiger partial charge on any atom is 0.339 e. The second kappa shape index (κ2) is 13.5. The van der Waals surface area contributed by atoms with E-state index in [2.05, 4.69) is 21.1 Å². The first-order chi connectivity index (χ1) is 22.3. The van der Waals surface area contributed by atoms with Crippen molar-refractivity contribution < 1.29 is 55.3 Å². The lowest BCUT2D eigenvalue weighted by molar-refractivity contribution is -0.134. The third-order valence-corrected chi connectivity index (χ3v) is 8.45. The minimum Gasteiger partial charge on any atom is -0.478 e. The summed E-state index contributed by atoms with van der Waals surface area (Å²) in [6.45, 7) is 2.85. The predicted octanol–water partition coefficient (Wildman–Crippen LogP) is 2.97. The van der Waals surface area contributed by atoms with E-state index >= 15 is 0 Å². The molecule has 0 heterocycles. The molecular formula is C30H24N4O12S2. The van der Waals surface area contributed by atoms with Crippen molar-refractivity contribution in [2.75, 3.05) is 10.9 Å². The van der Waals surface area contributed by atoms with Crippen LogP contribution in [0.1, 0.15) is 25.0 Å². The van der Waals surface area contributed by atoms with Crippen LogP contribution >= 0.6 is 0 Å². The molecule has 0 radical (unpaired) electrons. The van der Waals surface area contributed by atoms with E-state index in [0.717, 1.165) is 42.5 Å². The molecule has 2 aromatic rings. The van der Waals surface area contributed by atoms with Gasteiger partial charge < -0.3 is 10.2 Å². The average Bonchev–Trinajstić information content (AvgIpc) is 2.99. The van der Waals surface area contributed by atoms with Gasteiger partial charge >= 0.3 is 11.9 Å². The molecule has 0 unspecified atom stereocenters. The summed E-state index contributed by atoms with van der Waals surface area (Å²) in [5, 5.41) is 26.6. The Morgan fingerprint density at radius 2 is 1.19 bits per heavy atom. The first-order valence-corrected chi connectivity index (χ1v) is 16.2. The lowest BCUT2D eigenvalue weighted by atomic mass is 9.96. The Kier molecular flexibility index (Phi) is 9.85. The van der Waals surface area contributed by atoms with Crippen molar-refractivity contribution in [1.29, 1.82) is 0 Å². The van der Waals surface area contributed by atoms with Gasteiger partial charge in [0.1, 0.15) is 21.1 Å². The van der Waals surface area contributed by atoms with E-state index in [0.29, 0.717) is 0 Å². The van der Waals surface area contributed by atoms with Gasteiger partial charge in [0.05, 0.1) is 22.7 Å². The van der Waals surface area contributed by atoms with Crippen molar-refractivity contribution in [1.82, 2.24) is 0 Å². The molecule has 2 aromatic carbocycles. The molecule has 6 N–H and O–H groups in total. The normalized spacial score (nSPS) is 17.2. The monoisotopic (exact) mass is 696 g/mol. The maximum absolute atomic E-state index is 12.2. The van der Waals surface area contributed by atoms with Gasteiger partial charge in [-0.05, 0) is 78.6 Å². The number of carbonyl (C=O) groups is 4. The van der Waals surface area contributed by atoms with E-state index in [9.17, 15) is 55.3 Å². The molecule has 18 heteroatoms. The number of rotatable bonds is 10. The quantitative estimate of drug-likeness (QED) is 0.0686. The van der Waals surface area contributed by atoms with Gasteiger partial charge in [0.15, 0.2) is 11.6 Å². The molecular weight excluding hydrogens is 672 g/mol. The number of carboxylic acid groups (broad SMARTS) is 2. The highest BCUT2D eigenvalue weighted by molar-refractivity contribution is 7.86. The number of aliphatic carboxylic acids is 2. The van der Waals surface area contributed by atoms with E-state index in [1.165, 1.54) is 44.2 Å². The summed E-state index contributed by atoms with van der Waals surface area (Å²) in [6, 6.07) is 7.11. The van der Waals surface area contributed by atoms with Gasteiger partial charge in [-0.1, -0.05) is 24.3 Å². The lowest BCUT2D eigenvalue weighted by Crippen LogP contribution is -2.20. The molecule has 48 heavy (non-hydrogen) atoms. The summed E-state index contributed by atoms with van der Waals surface area (Å²) < 4.78 is 68.7. The van der Waals surface area contributed by atoms with E-state index in [1.54, 1.807) is 0 Å². The molecule has 0 spiro atoms. The van der Waals surface area contributed by atoms with E-state index in [4.69, 9.17) is 0 Å². The molecule has 0 bridgehead atoms. The minimum atomic E-state index is -4.89. The molecule has 248 valence electrons. The molecule has 0 aliphatic heterocycles. The zero-order valence-electron chi connectivity index (χ0n) is 24.7. The second-order valence-electron chi connectivity index (χ2n) is 10.1. The predicted molar refractivity (Wildman–Crippen MR) is 173 cm³/mol. The molecule has 4 rings (SSSR count). The Bertz CT molecular complexity index is 2240. The molecule has 2 aliphatic carbocycles. The van der Waals surface area contributed by atoms with Crippen molar-refractivity contribution in [3.63, 3.8) is 0 Å². The van der Waals surface area contributed by atoms with Crippen LogP contribution in [0.2, 0.25) is 0 Å². The summed E-state index contributed by atoms with van der Waals surface area (Å²) in [6.07, 6.45) is 6.65. The minimum absolute atomic E-state index is 0.00456. The van der Waals surface area contributed by atoms with Gasteiger partial charge in [0.2, 0.25) is 0 Å². The zero-order valence-corrected chi connectivity index (χ0v) is 26.3. The number of Topliss-reactive ketones (excluding diaryl/α,β-unsaturated/α-hetero) is 1. The number of ketones is 2. The van der Waals surface area contributed by atoms with Crippen LogP contribution in [0.4, 0.5) is 11.4 Å². The van der Waals surface area contributed by atoms with Crippen LogP contribution in [0.3, 0.4) is 0 Å². The highest BCUT2D eigenvalue weighted by atomic mass is 32.2. The van der Waals surface area contributed by atoms with Gasteiger partial charge in [-0.25, -0.2) is 9.59 Å². The summed E-state index contributed by atoms with van der Waals surface area (Å²) in [5.41, 5.74) is 4.17. The molecule has 0 amide bonds. The molecule has 0 fully saturated rings. The average molecular weight is 697 g/mol. The van der Waals surface area contributed by atoms with Gasteiger partial charge in [0.25, 0.3) is 20.2 Å². The number of allylic oxidation sites excluding steroid dienone is 6. The first-order valence-electron chi connectivity index (χ1n) is 13.3. The summed E-state index contributed by atoms with van der Waals surface area (Å²) in [7, 11) is -9.76. The standard InChI is InChI=1S/C30H24N4O12S2/c1-15-10-22(35)14-23(29(37)38)27(15)34-32-20-8-6-18(26(13-20)48(44,45)46)4-3-17-5-7-19(12-25(17)47(41,42)43)31-33-21-9-16(2)28(36)24(11-21)30(39)40/h3-14,31-32H,1-2H3,(H,37,38)(H,39,40)(H,41,42,43)(H,44,45,46)/b4-3?,33-21+,34-27-. The molecule has 2 aliphatic rings. The topological polar surface area (TPSA) is 266 Å². The fourth-order valence-electron chi connectivity index (χ4n) is 4.40. The number of hydrogen-bond acceptors (Lipinski definition) is 12. The largest absolute Gasteiger partial charge is 0.478 e. The first kappa shape index (κ1) is 35.0. The highest BCUT2D eigenvalue weighted by Crippen LogP contribution is 2.27. The number of nitrogens with zero attached hydrogens (tertiary/aromatic N) is 2. The summed E-state index contributed by atoms with van der Waals surface area (Å²) in [4.78, 5) is 45.3. The summed E-state index contributed by atoms with van der Waals surface area (Å²) >= 11 is 0. The van der Waals surface area contributed by atoms with Crippen LogP contribution in [0.15, 0.2) is 103 Å². The Balaban J connectivity index is 1.65. The molecule has 0 saturated carbocycles. The van der Waals surface area contributed by atoms with Gasteiger partial charge in [-0.15, -0.1) is 0 Å². The molecule has 0 aromatic heterocycles. The Labute approximate surface area is 272 Å². The van der Waals surface area contributed by atoms with Crippen LogP contribution in [0.25, 0.3) is 12.2 Å². The van der Waals surface area contributed by atoms with Gasteiger partial charge in [0, 0.05) is 6.08 Å². The number of nitrogens with one attached hydrogen (secondary N) is 2. The van der Waals surface area contributed by atoms with Crippen LogP contribution in [0.5, 0.6) is 0 Å². The molecule has 0 saturated heterocycles. The molecule has 0 atom stereocenters. The second-order valence-corrected chi connectivity index (χ2v) is 12.9. The fourth-order valence-corrected chi connectivity index (χ4v) is 5.81. The Morgan fingerprint density at radius 1 is 0.688 bits per heavy atom. The number of carboxylic acids is 2. The third kappa shape index (κ3) is 8.12. The molecule has 16 nitrogen and oxygen atoms in total. The van der Waals surface area contributed by atoms with Crippen LogP contribution in [0, 0.1) is 0 Å². The number of anilines is 2. The number of hydrazone groups is 2. The van der Waals surface area contributed by atoms with E-state index in [-0.39, 0.29) is 45.1 Å². The summed E-state index contributed by atoms with van der Waals surface area (Å²) in [5.74, 6) is -4.12. The van der Waals surface area contributed by atoms with Crippen molar-refractivity contribution in [2.45, 2.75) is 23.6 Å². The third-order valence-electron chi connectivity index (χ3n) is 6.63. The van der Waals surface area contributed by atoms with Crippen molar-refractivity contribution in [3.05, 3.63) is 94.1 Å². The number of benzene rings is 2. The maximum atomic E-state index is 12.2. The van der Waals surface area contributed by atoms with Crippen LogP contribution in [-0.4, -0.2) is 71.1 Å². The van der Waals surface area contributed by atoms with Crippen LogP contribution in [-0.2, 0) is 39.4 Å². The SMILES string of the molecule is CC1=C/C(=N\Nc2ccc(C=Cc3ccc(N/N=C4/C(C)=CC(=O)C=C4C(=O)O)cc3S(=O)(=O)O)c(S(=O)(=O)O)c2)C=C(C(=O)O)C1=O. The van der Waals surface area contributed by atoms with Gasteiger partial charge in [-0.3, -0.25) is 29.5 Å². The van der Waals surface area contributed by atoms with Crippen molar-refractivity contribution in [3.8, 4) is 0 Å². The fraction of sp³-hybridized carbons (Fsp3) is 0.0667.